The van der Waals surface area contributed by atoms with Crippen molar-refractivity contribution in [1.82, 2.24) is 4.72 Å². The number of hydrogen-bond donors (Lipinski definition) is 2. The zero-order valence-electron chi connectivity index (χ0n) is 17.0. The maximum Gasteiger partial charge on any atom is 0.330 e. The van der Waals surface area contributed by atoms with Crippen molar-refractivity contribution in [3.8, 4) is 11.5 Å². The van der Waals surface area contributed by atoms with Crippen LogP contribution in [0.4, 0.5) is 0 Å². The minimum Gasteiger partial charge on any atom is -0.493 e. The van der Waals surface area contributed by atoms with Gasteiger partial charge in [0.25, 0.3) is 0 Å². The normalized spacial score (nSPS) is 12.0. The van der Waals surface area contributed by atoms with Gasteiger partial charge in [0, 0.05) is 12.6 Å². The molecule has 168 valence electrons. The van der Waals surface area contributed by atoms with E-state index in [4.69, 9.17) is 14.6 Å². The number of sulfonamides is 2. The fourth-order valence-corrected chi connectivity index (χ4v) is 4.38. The molecule has 0 aliphatic carbocycles. The smallest absolute Gasteiger partial charge is 0.330 e. The number of esters is 1. The molecule has 0 bridgehead atoms. The number of carbonyl (C=O) groups is 1. The van der Waals surface area contributed by atoms with Crippen LogP contribution in [0.15, 0.2) is 52.3 Å². The van der Waals surface area contributed by atoms with Crippen molar-refractivity contribution in [2.45, 2.75) is 16.3 Å². The highest BCUT2D eigenvalue weighted by Crippen LogP contribution is 2.36. The third-order valence-corrected chi connectivity index (χ3v) is 6.38. The Morgan fingerprint density at radius 2 is 1.77 bits per heavy atom. The molecule has 3 N–H and O–H groups in total. The minimum atomic E-state index is -4.13. The van der Waals surface area contributed by atoms with Crippen molar-refractivity contribution in [2.75, 3.05) is 21.3 Å². The molecule has 0 fully saturated rings. The highest BCUT2D eigenvalue weighted by atomic mass is 32.2. The summed E-state index contributed by atoms with van der Waals surface area (Å²) in [6.45, 7) is -0.209. The average molecular weight is 471 g/mol. The van der Waals surface area contributed by atoms with Gasteiger partial charge in [-0.3, -0.25) is 0 Å². The zero-order chi connectivity index (χ0) is 23.2. The number of nitrogens with one attached hydrogen (secondary N) is 1. The Morgan fingerprint density at radius 1 is 1.06 bits per heavy atom. The van der Waals surface area contributed by atoms with Crippen molar-refractivity contribution in [1.29, 1.82) is 0 Å². The Kier molecular flexibility index (Phi) is 7.79. The summed E-state index contributed by atoms with van der Waals surface area (Å²) in [6.07, 6.45) is 2.49. The topological polar surface area (TPSA) is 151 Å². The van der Waals surface area contributed by atoms with E-state index in [0.717, 1.165) is 6.08 Å². The fourth-order valence-electron chi connectivity index (χ4n) is 2.57. The van der Waals surface area contributed by atoms with Gasteiger partial charge in [-0.15, -0.1) is 0 Å². The number of ether oxygens (including phenoxy) is 3. The zero-order valence-corrected chi connectivity index (χ0v) is 18.6. The van der Waals surface area contributed by atoms with E-state index in [0.29, 0.717) is 11.1 Å². The molecule has 0 atom stereocenters. The number of primary sulfonamides is 1. The monoisotopic (exact) mass is 470 g/mol. The molecule has 0 amide bonds. The molecule has 31 heavy (non-hydrogen) atoms. The second kappa shape index (κ2) is 9.92. The van der Waals surface area contributed by atoms with Gasteiger partial charge in [0.05, 0.1) is 26.2 Å². The molecule has 0 heterocycles. The van der Waals surface area contributed by atoms with Crippen LogP contribution in [0.3, 0.4) is 0 Å². The molecular formula is C19H22N2O8S2. The quantitative estimate of drug-likeness (QED) is 0.407. The van der Waals surface area contributed by atoms with E-state index < -0.39 is 26.0 Å². The van der Waals surface area contributed by atoms with E-state index >= 15 is 0 Å². The third kappa shape index (κ3) is 6.28. The van der Waals surface area contributed by atoms with Crippen LogP contribution in [0.5, 0.6) is 11.5 Å². The lowest BCUT2D eigenvalue weighted by atomic mass is 10.2. The van der Waals surface area contributed by atoms with Gasteiger partial charge in [-0.2, -0.15) is 0 Å². The first-order chi connectivity index (χ1) is 14.5. The second-order valence-electron chi connectivity index (χ2n) is 6.13. The Morgan fingerprint density at radius 3 is 2.35 bits per heavy atom. The molecule has 0 saturated heterocycles. The summed E-state index contributed by atoms with van der Waals surface area (Å²) < 4.78 is 66.3. The lowest BCUT2D eigenvalue weighted by Crippen LogP contribution is -2.24. The number of methoxy groups -OCH3 is 3. The lowest BCUT2D eigenvalue weighted by molar-refractivity contribution is -0.134. The van der Waals surface area contributed by atoms with E-state index in [9.17, 15) is 21.6 Å². The Balaban J connectivity index is 2.42. The molecule has 2 aromatic carbocycles. The molecule has 0 saturated carbocycles. The van der Waals surface area contributed by atoms with Crippen molar-refractivity contribution in [3.05, 3.63) is 53.6 Å². The molecule has 0 aliphatic heterocycles. The first-order valence-electron chi connectivity index (χ1n) is 8.65. The third-order valence-electron chi connectivity index (χ3n) is 4.06. The van der Waals surface area contributed by atoms with Crippen LogP contribution < -0.4 is 19.3 Å². The highest BCUT2D eigenvalue weighted by Gasteiger charge is 2.24. The maximum atomic E-state index is 13.0. The maximum absolute atomic E-state index is 13.0. The van der Waals surface area contributed by atoms with Crippen molar-refractivity contribution in [3.63, 3.8) is 0 Å². The summed E-state index contributed by atoms with van der Waals surface area (Å²) in [5, 5.41) is 5.11. The van der Waals surface area contributed by atoms with Crippen LogP contribution in [0.2, 0.25) is 0 Å². The van der Waals surface area contributed by atoms with Gasteiger partial charge in [-0.05, 0) is 41.5 Å². The molecule has 2 rings (SSSR count). The predicted octanol–water partition coefficient (Wildman–Crippen LogP) is 1.02. The van der Waals surface area contributed by atoms with E-state index in [1.807, 2.05) is 0 Å². The van der Waals surface area contributed by atoms with Crippen LogP contribution >= 0.6 is 0 Å². The summed E-state index contributed by atoms with van der Waals surface area (Å²) in [5.74, 6) is -0.526. The molecular weight excluding hydrogens is 448 g/mol. The van der Waals surface area contributed by atoms with Crippen molar-refractivity contribution < 1.29 is 35.8 Å². The van der Waals surface area contributed by atoms with Gasteiger partial charge >= 0.3 is 5.97 Å². The van der Waals surface area contributed by atoms with Gasteiger partial charge < -0.3 is 14.2 Å². The molecule has 0 radical (unpaired) electrons. The van der Waals surface area contributed by atoms with Crippen LogP contribution in [-0.2, 0) is 36.1 Å². The van der Waals surface area contributed by atoms with Crippen LogP contribution in [0.1, 0.15) is 11.1 Å². The van der Waals surface area contributed by atoms with Crippen LogP contribution in [-0.4, -0.2) is 44.1 Å². The standard InChI is InChI=1S/C19H22N2O8S2/c1-27-16-10-13(7-8-18(22)28-2)11-17(19(16)29-3)31(25,26)21-12-14-5-4-6-15(9-14)30(20,23)24/h4-11,21H,12H2,1-3H3,(H2,20,23,24)/b8-7+. The number of rotatable bonds is 9. The first-order valence-corrected chi connectivity index (χ1v) is 11.7. The SMILES string of the molecule is COC(=O)/C=C/c1cc(OC)c(OC)c(S(=O)(=O)NCc2cccc(S(N)(=O)=O)c2)c1. The number of carbonyl (C=O) groups excluding carboxylic acids is 1. The molecule has 10 nitrogen and oxygen atoms in total. The molecule has 0 spiro atoms. The first kappa shape index (κ1) is 24.3. The van der Waals surface area contributed by atoms with E-state index in [1.165, 1.54) is 57.7 Å². The lowest BCUT2D eigenvalue weighted by Gasteiger charge is -2.15. The van der Waals surface area contributed by atoms with Crippen molar-refractivity contribution >= 4 is 32.1 Å². The van der Waals surface area contributed by atoms with Crippen LogP contribution in [0, 0.1) is 0 Å². The molecule has 12 heteroatoms. The summed E-state index contributed by atoms with van der Waals surface area (Å²) in [4.78, 5) is 11.0. The summed E-state index contributed by atoms with van der Waals surface area (Å²) >= 11 is 0. The summed E-state index contributed by atoms with van der Waals surface area (Å²) in [6, 6.07) is 8.36. The van der Waals surface area contributed by atoms with Gasteiger partial charge in [-0.25, -0.2) is 31.5 Å². The predicted molar refractivity (Wildman–Crippen MR) is 112 cm³/mol. The highest BCUT2D eigenvalue weighted by molar-refractivity contribution is 7.89. The average Bonchev–Trinajstić information content (AvgIpc) is 2.74. The van der Waals surface area contributed by atoms with E-state index in [-0.39, 0.29) is 27.8 Å². The molecule has 0 aliphatic rings. The largest absolute Gasteiger partial charge is 0.493 e. The summed E-state index contributed by atoms with van der Waals surface area (Å²) in [7, 11) is -4.22. The number of nitrogens with two attached hydrogens (primary N) is 1. The Hall–Kier alpha value is -2.93. The van der Waals surface area contributed by atoms with Gasteiger partial charge in [0.1, 0.15) is 4.90 Å². The van der Waals surface area contributed by atoms with Crippen LogP contribution in [0.25, 0.3) is 6.08 Å². The minimum absolute atomic E-state index is 0.0384. The van der Waals surface area contributed by atoms with Gasteiger partial charge in [0.2, 0.25) is 20.0 Å². The second-order valence-corrected chi connectivity index (χ2v) is 9.42. The van der Waals surface area contributed by atoms with E-state index in [2.05, 4.69) is 9.46 Å². The molecule has 0 aromatic heterocycles. The van der Waals surface area contributed by atoms with Crippen molar-refractivity contribution in [2.24, 2.45) is 5.14 Å². The number of benzene rings is 2. The summed E-state index contributed by atoms with van der Waals surface area (Å²) in [5.41, 5.74) is 0.724. The van der Waals surface area contributed by atoms with Gasteiger partial charge in [0.15, 0.2) is 11.5 Å². The Labute approximate surface area is 180 Å². The molecule has 2 aromatic rings. The number of hydrogen-bond acceptors (Lipinski definition) is 8. The Bertz CT molecular complexity index is 1210. The molecule has 0 unspecified atom stereocenters. The van der Waals surface area contributed by atoms with Gasteiger partial charge in [-0.1, -0.05) is 12.1 Å². The van der Waals surface area contributed by atoms with E-state index in [1.54, 1.807) is 6.07 Å². The fraction of sp³-hybridized carbons (Fsp3) is 0.211.